The normalized spacial score (nSPS) is 11.5. The minimum Gasteiger partial charge on any atom is -0.496 e. The van der Waals surface area contributed by atoms with Crippen molar-refractivity contribution in [1.29, 1.82) is 0 Å². The number of ether oxygens (including phenoxy) is 2. The first-order valence-corrected chi connectivity index (χ1v) is 13.7. The molecule has 46 heavy (non-hydrogen) atoms. The topological polar surface area (TPSA) is 24.5 Å². The fourth-order valence-electron chi connectivity index (χ4n) is 4.37. The van der Waals surface area contributed by atoms with E-state index in [0.717, 1.165) is 55.3 Å². The van der Waals surface area contributed by atoms with E-state index in [1.54, 1.807) is 14.2 Å². The summed E-state index contributed by atoms with van der Waals surface area (Å²) in [5.41, 5.74) is 4.37. The molecule has 0 aliphatic heterocycles. The van der Waals surface area contributed by atoms with E-state index in [0.29, 0.717) is 0 Å². The van der Waals surface area contributed by atoms with Crippen LogP contribution in [0.2, 0.25) is 0 Å². The number of benzene rings is 4. The lowest BCUT2D eigenvalue weighted by Gasteiger charge is -2.18. The molecule has 0 unspecified atom stereocenters. The second-order valence-corrected chi connectivity index (χ2v) is 10.2. The van der Waals surface area contributed by atoms with Crippen molar-refractivity contribution in [1.82, 2.24) is 0 Å². The Morgan fingerprint density at radius 1 is 0.522 bits per heavy atom. The molecular weight excluding hydrogens is 618 g/mol. The van der Waals surface area contributed by atoms with Crippen molar-refractivity contribution in [2.75, 3.05) is 42.4 Å². The van der Waals surface area contributed by atoms with Crippen molar-refractivity contribution in [3.05, 3.63) is 83.9 Å². The van der Waals surface area contributed by atoms with E-state index in [2.05, 4.69) is 72.8 Å². The molecule has 4 nitrogen and oxygen atoms in total. The molecule has 0 spiro atoms. The Morgan fingerprint density at radius 2 is 0.848 bits per heavy atom. The van der Waals surface area contributed by atoms with E-state index in [1.165, 1.54) is 0 Å². The third-order valence-electron chi connectivity index (χ3n) is 6.05. The molecule has 0 saturated carbocycles. The maximum absolute atomic E-state index is 9.75. The monoisotopic (exact) mass is 652 g/mol. The molecule has 14 heteroatoms. The molecule has 0 N–H and O–H groups in total. The third-order valence-corrected chi connectivity index (χ3v) is 6.05. The average Bonchev–Trinajstić information content (AvgIpc) is 2.93. The third kappa shape index (κ3) is 12.8. The van der Waals surface area contributed by atoms with Gasteiger partial charge in [-0.2, -0.15) is 0 Å². The summed E-state index contributed by atoms with van der Waals surface area (Å²) in [6.45, 7) is 0. The van der Waals surface area contributed by atoms with Crippen molar-refractivity contribution >= 4 is 60.6 Å². The Bertz CT molecular complexity index is 1620. The maximum atomic E-state index is 9.75. The molecule has 4 aromatic carbocycles. The number of fused-ring (bicyclic) bond motifs is 2. The molecule has 0 aliphatic carbocycles. The lowest BCUT2D eigenvalue weighted by Crippen LogP contribution is -2.02. The number of rotatable bonds is 7. The van der Waals surface area contributed by atoms with Crippen molar-refractivity contribution in [2.24, 2.45) is 0 Å². The van der Waals surface area contributed by atoms with Crippen LogP contribution in [0.3, 0.4) is 0 Å². The molecule has 4 rings (SSSR count). The Balaban J connectivity index is 0.000000642. The Labute approximate surface area is 262 Å². The lowest BCUT2D eigenvalue weighted by atomic mass is 9.91. The van der Waals surface area contributed by atoms with Gasteiger partial charge in [0.2, 0.25) is 0 Å². The molecular formula is C32H34B2F8N2O2. The first kappa shape index (κ1) is 37.6. The van der Waals surface area contributed by atoms with Crippen LogP contribution in [0.5, 0.6) is 11.5 Å². The van der Waals surface area contributed by atoms with Crippen LogP contribution in [0, 0.1) is 0 Å². The molecule has 0 radical (unpaired) electrons. The molecule has 0 fully saturated rings. The molecule has 0 amide bonds. The fourth-order valence-corrected chi connectivity index (χ4v) is 4.37. The zero-order valence-electron chi connectivity index (χ0n) is 26.1. The zero-order valence-corrected chi connectivity index (χ0v) is 26.1. The van der Waals surface area contributed by atoms with Gasteiger partial charge in [0.05, 0.1) is 14.2 Å². The van der Waals surface area contributed by atoms with Crippen LogP contribution in [-0.4, -0.2) is 78.5 Å². The summed E-state index contributed by atoms with van der Waals surface area (Å²) in [5, 5.41) is 4.54. The second-order valence-electron chi connectivity index (χ2n) is 10.2. The SMILES string of the molecule is COc1ccc2cc(/C=C/C=[N+](C)C)ccc2c1-c1c(OC)ccc2cc(/C=C/C=[N+](C)C)ccc12.F[B-](F)(F)F.F[B-](F)(F)F. The van der Waals surface area contributed by atoms with Gasteiger partial charge in [0.1, 0.15) is 39.7 Å². The van der Waals surface area contributed by atoms with E-state index in [9.17, 15) is 34.5 Å². The predicted molar refractivity (Wildman–Crippen MR) is 175 cm³/mol. The van der Waals surface area contributed by atoms with Gasteiger partial charge in [0.15, 0.2) is 12.4 Å². The van der Waals surface area contributed by atoms with Crippen molar-refractivity contribution < 1.29 is 53.2 Å². The van der Waals surface area contributed by atoms with Gasteiger partial charge >= 0.3 is 14.5 Å². The highest BCUT2D eigenvalue weighted by atomic mass is 19.5. The first-order valence-electron chi connectivity index (χ1n) is 13.7. The molecule has 0 aromatic heterocycles. The Morgan fingerprint density at radius 3 is 1.13 bits per heavy atom. The van der Waals surface area contributed by atoms with Crippen LogP contribution < -0.4 is 9.47 Å². The van der Waals surface area contributed by atoms with E-state index in [-0.39, 0.29) is 0 Å². The van der Waals surface area contributed by atoms with Crippen LogP contribution in [0.4, 0.5) is 34.5 Å². The summed E-state index contributed by atoms with van der Waals surface area (Å²) in [6, 6.07) is 21.4. The van der Waals surface area contributed by atoms with Crippen LogP contribution in [0.1, 0.15) is 11.1 Å². The summed E-state index contributed by atoms with van der Waals surface area (Å²) in [7, 11) is -0.489. The zero-order chi connectivity index (χ0) is 34.7. The molecule has 0 aliphatic rings. The van der Waals surface area contributed by atoms with Gasteiger partial charge in [0.25, 0.3) is 0 Å². The number of allylic oxidation sites excluding steroid dienone is 2. The van der Waals surface area contributed by atoms with Gasteiger partial charge < -0.3 is 44.0 Å². The standard InChI is InChI=1S/C32H34N2O2.2BF4/c1-33(2)19-7-9-23-11-15-27-25(21-23)13-17-29(35-5)31(27)32-28-16-12-24(10-8-20-34(3)4)22-26(28)14-18-30(32)36-6;2*2-1(3,4)5/h7-22H,1-6H3;;/q+2;2*-1/b9-7+,10-8+;;. The van der Waals surface area contributed by atoms with Crippen molar-refractivity contribution in [3.63, 3.8) is 0 Å². The molecule has 246 valence electrons. The van der Waals surface area contributed by atoms with E-state index in [4.69, 9.17) is 9.47 Å². The predicted octanol–water partition coefficient (Wildman–Crippen LogP) is 8.99. The Kier molecular flexibility index (Phi) is 13.6. The van der Waals surface area contributed by atoms with Gasteiger partial charge in [-0.25, -0.2) is 9.15 Å². The number of methoxy groups -OCH3 is 2. The van der Waals surface area contributed by atoms with Gasteiger partial charge in [0, 0.05) is 23.3 Å². The summed E-state index contributed by atoms with van der Waals surface area (Å²) >= 11 is 0. The highest BCUT2D eigenvalue weighted by molar-refractivity contribution is 6.50. The van der Waals surface area contributed by atoms with E-state index >= 15 is 0 Å². The summed E-state index contributed by atoms with van der Waals surface area (Å²) in [6.07, 6.45) is 12.4. The maximum Gasteiger partial charge on any atom is 0.673 e. The summed E-state index contributed by atoms with van der Waals surface area (Å²) in [4.78, 5) is 0. The highest BCUT2D eigenvalue weighted by Gasteiger charge is 2.21. The minimum atomic E-state index is -6.00. The van der Waals surface area contributed by atoms with Crippen molar-refractivity contribution in [3.8, 4) is 22.6 Å². The van der Waals surface area contributed by atoms with Crippen LogP contribution in [0.15, 0.2) is 72.8 Å². The average molecular weight is 652 g/mol. The molecule has 0 heterocycles. The first-order chi connectivity index (χ1) is 21.4. The molecule has 0 saturated heterocycles. The second kappa shape index (κ2) is 16.6. The molecule has 0 atom stereocenters. The number of hydrogen-bond donors (Lipinski definition) is 0. The number of halogens is 8. The van der Waals surface area contributed by atoms with Gasteiger partial charge in [-0.3, -0.25) is 0 Å². The summed E-state index contributed by atoms with van der Waals surface area (Å²) in [5.74, 6) is 1.64. The fraction of sp³-hybridized carbons (Fsp3) is 0.188. The largest absolute Gasteiger partial charge is 0.673 e. The Hall–Kier alpha value is -4.61. The summed E-state index contributed by atoms with van der Waals surface area (Å²) < 4.78 is 93.8. The van der Waals surface area contributed by atoms with Crippen LogP contribution >= 0.6 is 0 Å². The van der Waals surface area contributed by atoms with Gasteiger partial charge in [-0.1, -0.05) is 36.4 Å². The van der Waals surface area contributed by atoms with Crippen molar-refractivity contribution in [2.45, 2.75) is 0 Å². The molecule has 0 bridgehead atoms. The number of nitrogens with zero attached hydrogens (tertiary/aromatic N) is 2. The lowest BCUT2D eigenvalue weighted by molar-refractivity contribution is -0.458. The molecule has 4 aromatic rings. The van der Waals surface area contributed by atoms with Gasteiger partial charge in [-0.05, 0) is 69.1 Å². The van der Waals surface area contributed by atoms with Crippen LogP contribution in [-0.2, 0) is 0 Å². The van der Waals surface area contributed by atoms with Crippen LogP contribution in [0.25, 0.3) is 44.8 Å². The van der Waals surface area contributed by atoms with Gasteiger partial charge in [-0.15, -0.1) is 0 Å². The number of hydrogen-bond acceptors (Lipinski definition) is 2. The highest BCUT2D eigenvalue weighted by Crippen LogP contribution is 2.45. The van der Waals surface area contributed by atoms with E-state index in [1.807, 2.05) is 61.9 Å². The quantitative estimate of drug-likeness (QED) is 0.0862. The minimum absolute atomic E-state index is 0.821. The van der Waals surface area contributed by atoms with E-state index < -0.39 is 14.5 Å². The smallest absolute Gasteiger partial charge is 0.496 e.